The molecule has 0 unspecified atom stereocenters. The largest absolute Gasteiger partial charge is 0.505 e. The number of ether oxygens (including phenoxy) is 1. The maximum absolute atomic E-state index is 12.7. The van der Waals surface area contributed by atoms with E-state index < -0.39 is 35.3 Å². The molecular formula is C17H22N4O6. The predicted molar refractivity (Wildman–Crippen MR) is 96.8 cm³/mol. The molecule has 1 saturated heterocycles. The van der Waals surface area contributed by atoms with Gasteiger partial charge >= 0.3 is 5.97 Å². The van der Waals surface area contributed by atoms with Crippen LogP contribution in [0.15, 0.2) is 4.79 Å². The number of carboxylic acid groups (broad SMARTS) is 1. The standard InChI is InChI=1S/C17H22N4O6/c1-9-13(20-4-6-27-7-5-20)10(2)21-14(9)15(24)12(17(26)19(21)3)16(25)18-8-11(22)23/h24H,4-8H2,1-3H3,(H,18,25)(H,22,23). The van der Waals surface area contributed by atoms with Crippen molar-refractivity contribution < 1.29 is 24.5 Å². The summed E-state index contributed by atoms with van der Waals surface area (Å²) in [7, 11) is 1.50. The third-order valence-corrected chi connectivity index (χ3v) is 4.81. The number of nitrogens with zero attached hydrogens (tertiary/aromatic N) is 3. The maximum Gasteiger partial charge on any atom is 0.322 e. The molecule has 1 aliphatic heterocycles. The number of carboxylic acids is 1. The molecule has 0 radical (unpaired) electrons. The summed E-state index contributed by atoms with van der Waals surface area (Å²) in [6.07, 6.45) is 0. The van der Waals surface area contributed by atoms with Crippen molar-refractivity contribution in [1.82, 2.24) is 14.5 Å². The number of nitrogens with one attached hydrogen (secondary N) is 1. The lowest BCUT2D eigenvalue weighted by Gasteiger charge is -2.29. The van der Waals surface area contributed by atoms with Gasteiger partial charge in [-0.2, -0.15) is 0 Å². The van der Waals surface area contributed by atoms with Crippen molar-refractivity contribution in [3.05, 3.63) is 27.2 Å². The number of fused-ring (bicyclic) bond motifs is 1. The number of hydrogen-bond acceptors (Lipinski definition) is 6. The second-order valence-electron chi connectivity index (χ2n) is 6.45. The molecule has 3 heterocycles. The lowest BCUT2D eigenvalue weighted by Crippen LogP contribution is -2.37. The Morgan fingerprint density at radius 2 is 1.85 bits per heavy atom. The van der Waals surface area contributed by atoms with Gasteiger partial charge in [-0.05, 0) is 13.8 Å². The van der Waals surface area contributed by atoms with Gasteiger partial charge in [-0.1, -0.05) is 0 Å². The maximum atomic E-state index is 12.7. The van der Waals surface area contributed by atoms with E-state index in [0.29, 0.717) is 31.8 Å². The highest BCUT2D eigenvalue weighted by Crippen LogP contribution is 2.36. The van der Waals surface area contributed by atoms with Gasteiger partial charge in [0.25, 0.3) is 11.5 Å². The zero-order valence-electron chi connectivity index (χ0n) is 15.4. The van der Waals surface area contributed by atoms with Crippen LogP contribution in [0.3, 0.4) is 0 Å². The molecule has 27 heavy (non-hydrogen) atoms. The van der Waals surface area contributed by atoms with Crippen molar-refractivity contribution in [2.45, 2.75) is 13.8 Å². The fourth-order valence-corrected chi connectivity index (χ4v) is 3.64. The first-order chi connectivity index (χ1) is 12.8. The number of aromatic hydroxyl groups is 1. The van der Waals surface area contributed by atoms with Crippen molar-refractivity contribution in [2.24, 2.45) is 7.05 Å². The van der Waals surface area contributed by atoms with E-state index in [-0.39, 0.29) is 0 Å². The Balaban J connectivity index is 2.21. The van der Waals surface area contributed by atoms with Gasteiger partial charge in [0.2, 0.25) is 0 Å². The highest BCUT2D eigenvalue weighted by atomic mass is 16.5. The molecule has 0 atom stereocenters. The van der Waals surface area contributed by atoms with Gasteiger partial charge in [0, 0.05) is 25.7 Å². The van der Waals surface area contributed by atoms with Crippen LogP contribution in [0.1, 0.15) is 21.6 Å². The molecule has 3 N–H and O–H groups in total. The van der Waals surface area contributed by atoms with Gasteiger partial charge in [0.15, 0.2) is 5.75 Å². The van der Waals surface area contributed by atoms with Gasteiger partial charge in [-0.25, -0.2) is 9.20 Å². The highest BCUT2D eigenvalue weighted by molar-refractivity contribution is 6.00. The van der Waals surface area contributed by atoms with Crippen LogP contribution in [0.25, 0.3) is 5.52 Å². The smallest absolute Gasteiger partial charge is 0.322 e. The first-order valence-corrected chi connectivity index (χ1v) is 8.52. The molecule has 3 rings (SSSR count). The van der Waals surface area contributed by atoms with Crippen molar-refractivity contribution >= 4 is 23.1 Å². The summed E-state index contributed by atoms with van der Waals surface area (Å²) in [6, 6.07) is 0. The van der Waals surface area contributed by atoms with Crippen LogP contribution >= 0.6 is 0 Å². The summed E-state index contributed by atoms with van der Waals surface area (Å²) >= 11 is 0. The summed E-state index contributed by atoms with van der Waals surface area (Å²) in [5, 5.41) is 21.6. The fraction of sp³-hybridized carbons (Fsp3) is 0.471. The molecule has 0 saturated carbocycles. The van der Waals surface area contributed by atoms with Crippen LogP contribution in [0.4, 0.5) is 5.69 Å². The Hall–Kier alpha value is -3.01. The Labute approximate surface area is 154 Å². The van der Waals surface area contributed by atoms with Crippen LogP contribution < -0.4 is 15.8 Å². The van der Waals surface area contributed by atoms with E-state index in [1.165, 1.54) is 11.7 Å². The van der Waals surface area contributed by atoms with Gasteiger partial charge in [-0.3, -0.25) is 14.4 Å². The molecule has 1 aliphatic rings. The number of aryl methyl sites for hydroxylation is 3. The zero-order chi connectivity index (χ0) is 19.9. The number of rotatable bonds is 4. The van der Waals surface area contributed by atoms with Gasteiger partial charge in [-0.15, -0.1) is 0 Å². The highest BCUT2D eigenvalue weighted by Gasteiger charge is 2.28. The normalized spacial score (nSPS) is 14.6. The van der Waals surface area contributed by atoms with Crippen LogP contribution in [0.2, 0.25) is 0 Å². The Kier molecular flexibility index (Phi) is 4.83. The number of carbonyl (C=O) groups excluding carboxylic acids is 1. The molecule has 2 aromatic heterocycles. The number of morpholine rings is 1. The summed E-state index contributed by atoms with van der Waals surface area (Å²) in [4.78, 5) is 37.8. The molecule has 1 amide bonds. The lowest BCUT2D eigenvalue weighted by atomic mass is 10.1. The van der Waals surface area contributed by atoms with Crippen LogP contribution in [-0.2, 0) is 16.6 Å². The minimum absolute atomic E-state index is 0.344. The lowest BCUT2D eigenvalue weighted by molar-refractivity contribution is -0.135. The van der Waals surface area contributed by atoms with E-state index in [1.807, 2.05) is 13.8 Å². The second-order valence-corrected chi connectivity index (χ2v) is 6.45. The summed E-state index contributed by atoms with van der Waals surface area (Å²) in [6.45, 7) is 5.53. The molecule has 1 fully saturated rings. The zero-order valence-corrected chi connectivity index (χ0v) is 15.4. The van der Waals surface area contributed by atoms with Crippen molar-refractivity contribution in [3.8, 4) is 5.75 Å². The van der Waals surface area contributed by atoms with Crippen molar-refractivity contribution in [3.63, 3.8) is 0 Å². The fourth-order valence-electron chi connectivity index (χ4n) is 3.64. The van der Waals surface area contributed by atoms with Gasteiger partial charge < -0.3 is 25.2 Å². The number of amides is 1. The molecular weight excluding hydrogens is 356 g/mol. The minimum Gasteiger partial charge on any atom is -0.505 e. The summed E-state index contributed by atoms with van der Waals surface area (Å²) < 4.78 is 8.21. The quantitative estimate of drug-likeness (QED) is 0.662. The third-order valence-electron chi connectivity index (χ3n) is 4.81. The van der Waals surface area contributed by atoms with E-state index in [0.717, 1.165) is 16.9 Å². The van der Waals surface area contributed by atoms with E-state index in [9.17, 15) is 19.5 Å². The molecule has 0 spiro atoms. The van der Waals surface area contributed by atoms with E-state index in [2.05, 4.69) is 10.2 Å². The number of hydrogen-bond donors (Lipinski definition) is 3. The molecule has 2 aromatic rings. The van der Waals surface area contributed by atoms with Crippen molar-refractivity contribution in [2.75, 3.05) is 37.7 Å². The Morgan fingerprint density at radius 3 is 2.44 bits per heavy atom. The average molecular weight is 378 g/mol. The number of anilines is 1. The number of aliphatic carboxylic acids is 1. The predicted octanol–water partition coefficient (Wildman–Crippen LogP) is -0.389. The second kappa shape index (κ2) is 6.95. The topological polar surface area (TPSA) is 126 Å². The van der Waals surface area contributed by atoms with Gasteiger partial charge in [0.05, 0.1) is 24.6 Å². The average Bonchev–Trinajstić information content (AvgIpc) is 2.90. The van der Waals surface area contributed by atoms with Crippen molar-refractivity contribution in [1.29, 1.82) is 0 Å². The minimum atomic E-state index is -1.25. The molecule has 0 aliphatic carbocycles. The summed E-state index contributed by atoms with van der Waals surface area (Å²) in [5.41, 5.74) is 1.53. The molecule has 10 nitrogen and oxygen atoms in total. The van der Waals surface area contributed by atoms with E-state index in [1.54, 1.807) is 4.52 Å². The molecule has 146 valence electrons. The SMILES string of the molecule is Cc1c(N2CCOCC2)c(C)n2c1c(O)c(C(=O)NCC(=O)O)c(=O)n2C. The third kappa shape index (κ3) is 3.01. The first kappa shape index (κ1) is 18.8. The number of carbonyl (C=O) groups is 2. The first-order valence-electron chi connectivity index (χ1n) is 8.52. The number of aromatic nitrogens is 2. The molecule has 0 bridgehead atoms. The Morgan fingerprint density at radius 1 is 1.22 bits per heavy atom. The van der Waals surface area contributed by atoms with E-state index >= 15 is 0 Å². The van der Waals surface area contributed by atoms with E-state index in [4.69, 9.17) is 9.84 Å². The van der Waals surface area contributed by atoms with Crippen LogP contribution in [0.5, 0.6) is 5.75 Å². The Bertz CT molecular complexity index is 984. The monoisotopic (exact) mass is 378 g/mol. The molecule has 0 aromatic carbocycles. The molecule has 10 heteroatoms. The summed E-state index contributed by atoms with van der Waals surface area (Å²) in [5.74, 6) is -2.63. The van der Waals surface area contributed by atoms with Crippen LogP contribution in [0, 0.1) is 13.8 Å². The van der Waals surface area contributed by atoms with Gasteiger partial charge in [0.1, 0.15) is 17.6 Å². The van der Waals surface area contributed by atoms with Crippen LogP contribution in [-0.4, -0.2) is 64.1 Å².